The summed E-state index contributed by atoms with van der Waals surface area (Å²) in [6.07, 6.45) is 3.30. The van der Waals surface area contributed by atoms with E-state index in [2.05, 4.69) is 15.0 Å². The molecule has 0 N–H and O–H groups in total. The Morgan fingerprint density at radius 3 is 2.95 bits per heavy atom. The van der Waals surface area contributed by atoms with Gasteiger partial charge in [-0.05, 0) is 25.8 Å². The van der Waals surface area contributed by atoms with Crippen LogP contribution < -0.4 is 4.90 Å². The maximum atomic E-state index is 10.7. The van der Waals surface area contributed by atoms with Gasteiger partial charge in [0, 0.05) is 18.7 Å². The van der Waals surface area contributed by atoms with Crippen LogP contribution in [0.25, 0.3) is 0 Å². The maximum absolute atomic E-state index is 10.7. The summed E-state index contributed by atoms with van der Waals surface area (Å²) >= 11 is 0. The van der Waals surface area contributed by atoms with Crippen molar-refractivity contribution in [2.75, 3.05) is 11.4 Å². The average molecular weight is 274 g/mol. The molecular formula is C13H14N4O3. The van der Waals surface area contributed by atoms with Gasteiger partial charge in [0.05, 0.1) is 11.0 Å². The molecule has 104 valence electrons. The van der Waals surface area contributed by atoms with Crippen molar-refractivity contribution < 1.29 is 9.45 Å². The molecule has 0 aliphatic carbocycles. The quantitative estimate of drug-likeness (QED) is 0.631. The number of aromatic nitrogens is 2. The molecule has 7 heteroatoms. The number of hydrogen-bond donors (Lipinski definition) is 0. The van der Waals surface area contributed by atoms with Crippen LogP contribution in [0.5, 0.6) is 0 Å². The Balaban J connectivity index is 1.86. The molecule has 3 rings (SSSR count). The monoisotopic (exact) mass is 274 g/mol. The molecule has 2 aromatic rings. The SMILES string of the molecule is Cc1cc(C2CCCN2c2ccc([N+](=O)[O-])cn2)no1. The zero-order valence-corrected chi connectivity index (χ0v) is 11.0. The van der Waals surface area contributed by atoms with Crippen LogP contribution in [0.4, 0.5) is 11.5 Å². The fraction of sp³-hybridized carbons (Fsp3) is 0.385. The first-order valence-electron chi connectivity index (χ1n) is 6.45. The molecule has 2 aromatic heterocycles. The summed E-state index contributed by atoms with van der Waals surface area (Å²) in [4.78, 5) is 16.5. The minimum Gasteiger partial charge on any atom is -0.361 e. The summed E-state index contributed by atoms with van der Waals surface area (Å²) in [5.74, 6) is 1.52. The molecule has 0 spiro atoms. The molecule has 7 nitrogen and oxygen atoms in total. The number of pyridine rings is 1. The number of hydrogen-bond acceptors (Lipinski definition) is 6. The van der Waals surface area contributed by atoms with Crippen molar-refractivity contribution in [2.24, 2.45) is 0 Å². The average Bonchev–Trinajstić information content (AvgIpc) is 3.07. The van der Waals surface area contributed by atoms with E-state index in [1.807, 2.05) is 13.0 Å². The highest BCUT2D eigenvalue weighted by atomic mass is 16.6. The Morgan fingerprint density at radius 1 is 1.50 bits per heavy atom. The Morgan fingerprint density at radius 2 is 2.35 bits per heavy atom. The van der Waals surface area contributed by atoms with Crippen LogP contribution in [-0.2, 0) is 0 Å². The third-order valence-corrected chi connectivity index (χ3v) is 3.48. The van der Waals surface area contributed by atoms with Crippen LogP contribution in [0, 0.1) is 17.0 Å². The van der Waals surface area contributed by atoms with Gasteiger partial charge in [0.1, 0.15) is 23.5 Å². The second kappa shape index (κ2) is 4.92. The van der Waals surface area contributed by atoms with Gasteiger partial charge in [0.25, 0.3) is 5.69 Å². The van der Waals surface area contributed by atoms with Crippen molar-refractivity contribution >= 4 is 11.5 Å². The normalized spacial score (nSPS) is 18.4. The molecule has 0 saturated carbocycles. The van der Waals surface area contributed by atoms with Gasteiger partial charge in [0.15, 0.2) is 0 Å². The van der Waals surface area contributed by atoms with Crippen molar-refractivity contribution in [1.29, 1.82) is 0 Å². The molecule has 0 aromatic carbocycles. The first kappa shape index (κ1) is 12.6. The number of nitro groups is 1. The van der Waals surface area contributed by atoms with Crippen molar-refractivity contribution in [1.82, 2.24) is 10.1 Å². The fourth-order valence-corrected chi connectivity index (χ4v) is 2.55. The molecule has 20 heavy (non-hydrogen) atoms. The number of nitrogens with zero attached hydrogens (tertiary/aromatic N) is 4. The second-order valence-electron chi connectivity index (χ2n) is 4.85. The maximum Gasteiger partial charge on any atom is 0.287 e. The molecule has 1 fully saturated rings. The number of aryl methyl sites for hydroxylation is 1. The highest BCUT2D eigenvalue weighted by molar-refractivity contribution is 5.46. The third kappa shape index (κ3) is 2.22. The van der Waals surface area contributed by atoms with Gasteiger partial charge < -0.3 is 9.42 Å². The lowest BCUT2D eigenvalue weighted by Crippen LogP contribution is -2.23. The van der Waals surface area contributed by atoms with E-state index in [0.29, 0.717) is 0 Å². The van der Waals surface area contributed by atoms with Crippen molar-refractivity contribution in [3.63, 3.8) is 0 Å². The molecule has 1 saturated heterocycles. The largest absolute Gasteiger partial charge is 0.361 e. The number of anilines is 1. The van der Waals surface area contributed by atoms with Gasteiger partial charge in [-0.15, -0.1) is 0 Å². The third-order valence-electron chi connectivity index (χ3n) is 3.48. The molecule has 0 radical (unpaired) electrons. The Hall–Kier alpha value is -2.44. The van der Waals surface area contributed by atoms with E-state index >= 15 is 0 Å². The lowest BCUT2D eigenvalue weighted by molar-refractivity contribution is -0.385. The summed E-state index contributed by atoms with van der Waals surface area (Å²) in [7, 11) is 0. The van der Waals surface area contributed by atoms with Crippen LogP contribution in [0.15, 0.2) is 28.9 Å². The summed E-state index contributed by atoms with van der Waals surface area (Å²) in [6, 6.07) is 5.21. The van der Waals surface area contributed by atoms with Crippen molar-refractivity contribution in [2.45, 2.75) is 25.8 Å². The second-order valence-corrected chi connectivity index (χ2v) is 4.85. The molecule has 1 unspecified atom stereocenters. The fourth-order valence-electron chi connectivity index (χ4n) is 2.55. The summed E-state index contributed by atoms with van der Waals surface area (Å²) < 4.78 is 5.13. The van der Waals surface area contributed by atoms with Gasteiger partial charge in [-0.1, -0.05) is 5.16 Å². The topological polar surface area (TPSA) is 85.3 Å². The van der Waals surface area contributed by atoms with E-state index in [1.54, 1.807) is 6.07 Å². The minimum absolute atomic E-state index is 0.00165. The molecule has 0 amide bonds. The van der Waals surface area contributed by atoms with Crippen LogP contribution in [0.1, 0.15) is 30.3 Å². The molecule has 1 atom stereocenters. The van der Waals surface area contributed by atoms with E-state index < -0.39 is 4.92 Å². The standard InChI is InChI=1S/C13H14N4O3/c1-9-7-11(15-20-9)12-3-2-6-16(12)13-5-4-10(8-14-13)17(18)19/h4-5,7-8,12H,2-3,6H2,1H3. The molecule has 1 aliphatic heterocycles. The first-order valence-corrected chi connectivity index (χ1v) is 6.45. The zero-order valence-electron chi connectivity index (χ0n) is 11.0. The minimum atomic E-state index is -0.445. The Labute approximate surface area is 115 Å². The summed E-state index contributed by atoms with van der Waals surface area (Å²) in [6.45, 7) is 2.72. The lowest BCUT2D eigenvalue weighted by Gasteiger charge is -2.23. The van der Waals surface area contributed by atoms with Crippen molar-refractivity contribution in [3.8, 4) is 0 Å². The predicted molar refractivity (Wildman–Crippen MR) is 71.5 cm³/mol. The molecular weight excluding hydrogens is 260 g/mol. The van der Waals surface area contributed by atoms with E-state index in [0.717, 1.165) is 36.7 Å². The van der Waals surface area contributed by atoms with E-state index in [1.165, 1.54) is 12.3 Å². The summed E-state index contributed by atoms with van der Waals surface area (Å²) in [5.41, 5.74) is 0.891. The van der Waals surface area contributed by atoms with Crippen LogP contribution in [0.3, 0.4) is 0 Å². The Kier molecular flexibility index (Phi) is 3.09. The van der Waals surface area contributed by atoms with Gasteiger partial charge in [-0.25, -0.2) is 4.98 Å². The van der Waals surface area contributed by atoms with Crippen LogP contribution in [0.2, 0.25) is 0 Å². The molecule has 3 heterocycles. The predicted octanol–water partition coefficient (Wildman–Crippen LogP) is 2.63. The zero-order chi connectivity index (χ0) is 14.1. The Bertz CT molecular complexity index is 623. The molecule has 0 bridgehead atoms. The highest BCUT2D eigenvalue weighted by Gasteiger charge is 2.29. The van der Waals surface area contributed by atoms with Crippen molar-refractivity contribution in [3.05, 3.63) is 46.0 Å². The highest BCUT2D eigenvalue weighted by Crippen LogP contribution is 2.35. The van der Waals surface area contributed by atoms with E-state index in [4.69, 9.17) is 4.52 Å². The first-order chi connectivity index (χ1) is 9.65. The van der Waals surface area contributed by atoms with Gasteiger partial charge in [-0.2, -0.15) is 0 Å². The number of rotatable bonds is 3. The van der Waals surface area contributed by atoms with Gasteiger partial charge in [0.2, 0.25) is 0 Å². The van der Waals surface area contributed by atoms with E-state index in [-0.39, 0.29) is 11.7 Å². The van der Waals surface area contributed by atoms with Gasteiger partial charge >= 0.3 is 0 Å². The lowest BCUT2D eigenvalue weighted by atomic mass is 10.1. The van der Waals surface area contributed by atoms with Gasteiger partial charge in [-0.3, -0.25) is 10.1 Å². The summed E-state index contributed by atoms with van der Waals surface area (Å²) in [5, 5.41) is 14.7. The smallest absolute Gasteiger partial charge is 0.287 e. The van der Waals surface area contributed by atoms with Crippen LogP contribution in [-0.4, -0.2) is 21.6 Å². The molecule has 1 aliphatic rings. The van der Waals surface area contributed by atoms with E-state index in [9.17, 15) is 10.1 Å². The van der Waals surface area contributed by atoms with Crippen LogP contribution >= 0.6 is 0 Å².